The van der Waals surface area contributed by atoms with Crippen LogP contribution in [-0.2, 0) is 9.47 Å². The molecule has 0 aliphatic carbocycles. The van der Waals surface area contributed by atoms with E-state index in [-0.39, 0.29) is 11.9 Å². The normalized spacial score (nSPS) is 23.0. The molecule has 0 N–H and O–H groups in total. The molecule has 1 unspecified atom stereocenters. The Morgan fingerprint density at radius 1 is 1.27 bits per heavy atom. The first-order valence-corrected chi connectivity index (χ1v) is 6.43. The molecule has 1 aliphatic rings. The van der Waals surface area contributed by atoms with Crippen LogP contribution < -0.4 is 0 Å². The SMILES string of the molecule is CCCCCC(C)(C)OC1CCCCO1. The predicted molar refractivity (Wildman–Crippen MR) is 62.9 cm³/mol. The van der Waals surface area contributed by atoms with Crippen LogP contribution in [-0.4, -0.2) is 18.5 Å². The molecule has 0 radical (unpaired) electrons. The first-order chi connectivity index (χ1) is 7.14. The van der Waals surface area contributed by atoms with Crippen LogP contribution in [0.2, 0.25) is 0 Å². The number of hydrogen-bond donors (Lipinski definition) is 0. The summed E-state index contributed by atoms with van der Waals surface area (Å²) in [5, 5.41) is 0. The van der Waals surface area contributed by atoms with Crippen LogP contribution in [0.25, 0.3) is 0 Å². The van der Waals surface area contributed by atoms with Gasteiger partial charge in [-0.1, -0.05) is 26.2 Å². The van der Waals surface area contributed by atoms with E-state index < -0.39 is 0 Å². The Kier molecular flexibility index (Phi) is 5.62. The lowest BCUT2D eigenvalue weighted by Gasteiger charge is -2.32. The third-order valence-electron chi connectivity index (χ3n) is 2.97. The number of hydrogen-bond acceptors (Lipinski definition) is 2. The van der Waals surface area contributed by atoms with E-state index in [1.165, 1.54) is 32.1 Å². The second kappa shape index (κ2) is 6.49. The van der Waals surface area contributed by atoms with Gasteiger partial charge in [0.1, 0.15) is 0 Å². The first-order valence-electron chi connectivity index (χ1n) is 6.43. The van der Waals surface area contributed by atoms with Crippen molar-refractivity contribution in [2.24, 2.45) is 0 Å². The van der Waals surface area contributed by atoms with Gasteiger partial charge < -0.3 is 9.47 Å². The van der Waals surface area contributed by atoms with Crippen molar-refractivity contribution in [3.05, 3.63) is 0 Å². The molecule has 1 atom stereocenters. The largest absolute Gasteiger partial charge is 0.353 e. The molecular formula is C13H26O2. The Bertz CT molecular complexity index is 160. The highest BCUT2D eigenvalue weighted by molar-refractivity contribution is 4.70. The maximum absolute atomic E-state index is 6.00. The molecule has 1 heterocycles. The van der Waals surface area contributed by atoms with Crippen LogP contribution in [0.5, 0.6) is 0 Å². The zero-order valence-corrected chi connectivity index (χ0v) is 10.6. The number of unbranched alkanes of at least 4 members (excludes halogenated alkanes) is 2. The molecule has 1 aliphatic heterocycles. The average Bonchev–Trinajstić information content (AvgIpc) is 2.18. The summed E-state index contributed by atoms with van der Waals surface area (Å²) in [6, 6.07) is 0. The van der Waals surface area contributed by atoms with Crippen molar-refractivity contribution in [1.29, 1.82) is 0 Å². The summed E-state index contributed by atoms with van der Waals surface area (Å²) in [6.45, 7) is 7.47. The van der Waals surface area contributed by atoms with E-state index in [0.29, 0.717) is 0 Å². The van der Waals surface area contributed by atoms with E-state index in [2.05, 4.69) is 20.8 Å². The summed E-state index contributed by atoms with van der Waals surface area (Å²) < 4.78 is 11.6. The first kappa shape index (κ1) is 13.0. The molecule has 0 saturated carbocycles. The standard InChI is InChI=1S/C13H26O2/c1-4-5-7-10-13(2,3)15-12-9-6-8-11-14-12/h12H,4-11H2,1-3H3. The monoisotopic (exact) mass is 214 g/mol. The third kappa shape index (κ3) is 5.53. The van der Waals surface area contributed by atoms with Gasteiger partial charge in [-0.15, -0.1) is 0 Å². The Morgan fingerprint density at radius 2 is 2.07 bits per heavy atom. The van der Waals surface area contributed by atoms with Gasteiger partial charge in [0.2, 0.25) is 0 Å². The van der Waals surface area contributed by atoms with Gasteiger partial charge in [0.05, 0.1) is 5.60 Å². The second-order valence-corrected chi connectivity index (χ2v) is 5.13. The fourth-order valence-corrected chi connectivity index (χ4v) is 2.02. The lowest BCUT2D eigenvalue weighted by Crippen LogP contribution is -2.34. The minimum absolute atomic E-state index is 0.0167. The summed E-state index contributed by atoms with van der Waals surface area (Å²) >= 11 is 0. The molecule has 0 aromatic rings. The minimum Gasteiger partial charge on any atom is -0.353 e. The highest BCUT2D eigenvalue weighted by Gasteiger charge is 2.24. The number of rotatable bonds is 6. The lowest BCUT2D eigenvalue weighted by molar-refractivity contribution is -0.217. The molecule has 1 fully saturated rings. The van der Waals surface area contributed by atoms with Crippen molar-refractivity contribution in [3.8, 4) is 0 Å². The molecule has 0 aromatic heterocycles. The minimum atomic E-state index is -0.0167. The van der Waals surface area contributed by atoms with E-state index in [1.54, 1.807) is 0 Å². The smallest absolute Gasteiger partial charge is 0.158 e. The Labute approximate surface area is 94.3 Å². The average molecular weight is 214 g/mol. The van der Waals surface area contributed by atoms with E-state index in [9.17, 15) is 0 Å². The van der Waals surface area contributed by atoms with Gasteiger partial charge in [-0.3, -0.25) is 0 Å². The van der Waals surface area contributed by atoms with Gasteiger partial charge >= 0.3 is 0 Å². The van der Waals surface area contributed by atoms with Crippen LogP contribution >= 0.6 is 0 Å². The molecule has 1 rings (SSSR count). The lowest BCUT2D eigenvalue weighted by atomic mass is 10.0. The Morgan fingerprint density at radius 3 is 2.67 bits per heavy atom. The summed E-state index contributed by atoms with van der Waals surface area (Å²) in [5.74, 6) is 0. The maximum atomic E-state index is 6.00. The van der Waals surface area contributed by atoms with Crippen molar-refractivity contribution in [2.75, 3.05) is 6.61 Å². The van der Waals surface area contributed by atoms with Crippen molar-refractivity contribution in [2.45, 2.75) is 77.6 Å². The Balaban J connectivity index is 2.20. The summed E-state index contributed by atoms with van der Waals surface area (Å²) in [5.41, 5.74) is -0.0167. The Hall–Kier alpha value is -0.0800. The molecule has 2 nitrogen and oxygen atoms in total. The van der Waals surface area contributed by atoms with Crippen molar-refractivity contribution < 1.29 is 9.47 Å². The van der Waals surface area contributed by atoms with Gasteiger partial charge in [-0.2, -0.15) is 0 Å². The van der Waals surface area contributed by atoms with Crippen LogP contribution in [0.3, 0.4) is 0 Å². The maximum Gasteiger partial charge on any atom is 0.158 e. The van der Waals surface area contributed by atoms with Crippen LogP contribution in [0.1, 0.15) is 65.7 Å². The molecule has 0 amide bonds. The predicted octanol–water partition coefficient (Wildman–Crippen LogP) is 3.89. The van der Waals surface area contributed by atoms with Crippen LogP contribution in [0, 0.1) is 0 Å². The zero-order chi connectivity index (χ0) is 11.1. The third-order valence-corrected chi connectivity index (χ3v) is 2.97. The molecule has 0 aromatic carbocycles. The van der Waals surface area contributed by atoms with E-state index in [4.69, 9.17) is 9.47 Å². The molecule has 90 valence electrons. The molecule has 0 bridgehead atoms. The van der Waals surface area contributed by atoms with Gasteiger partial charge in [0, 0.05) is 6.61 Å². The van der Waals surface area contributed by atoms with Crippen molar-refractivity contribution >= 4 is 0 Å². The van der Waals surface area contributed by atoms with Gasteiger partial charge in [-0.05, 0) is 39.5 Å². The quantitative estimate of drug-likeness (QED) is 0.624. The highest BCUT2D eigenvalue weighted by atomic mass is 16.7. The summed E-state index contributed by atoms with van der Waals surface area (Å²) in [6.07, 6.45) is 8.53. The second-order valence-electron chi connectivity index (χ2n) is 5.13. The molecule has 0 spiro atoms. The fraction of sp³-hybridized carbons (Fsp3) is 1.00. The van der Waals surface area contributed by atoms with Crippen molar-refractivity contribution in [3.63, 3.8) is 0 Å². The van der Waals surface area contributed by atoms with E-state index >= 15 is 0 Å². The van der Waals surface area contributed by atoms with E-state index in [1.807, 2.05) is 0 Å². The topological polar surface area (TPSA) is 18.5 Å². The summed E-state index contributed by atoms with van der Waals surface area (Å²) in [7, 11) is 0. The number of ether oxygens (including phenoxy) is 2. The molecule has 2 heteroatoms. The van der Waals surface area contributed by atoms with Gasteiger partial charge in [0.15, 0.2) is 6.29 Å². The van der Waals surface area contributed by atoms with Gasteiger partial charge in [-0.25, -0.2) is 0 Å². The van der Waals surface area contributed by atoms with Crippen LogP contribution in [0.4, 0.5) is 0 Å². The van der Waals surface area contributed by atoms with Gasteiger partial charge in [0.25, 0.3) is 0 Å². The molecule has 1 saturated heterocycles. The van der Waals surface area contributed by atoms with Crippen LogP contribution in [0.15, 0.2) is 0 Å². The fourth-order valence-electron chi connectivity index (χ4n) is 2.02. The molecular weight excluding hydrogens is 188 g/mol. The van der Waals surface area contributed by atoms with Crippen molar-refractivity contribution in [1.82, 2.24) is 0 Å². The summed E-state index contributed by atoms with van der Waals surface area (Å²) in [4.78, 5) is 0. The molecule has 15 heavy (non-hydrogen) atoms. The highest BCUT2D eigenvalue weighted by Crippen LogP contribution is 2.24. The zero-order valence-electron chi connectivity index (χ0n) is 10.6. The van der Waals surface area contributed by atoms with E-state index in [0.717, 1.165) is 19.4 Å².